The molecule has 1 heterocycles. The van der Waals surface area contributed by atoms with Gasteiger partial charge in [-0.3, -0.25) is 19.7 Å². The number of likely N-dealkylation sites (N-methyl/N-ethyl adjacent to an activating group) is 1. The number of para-hydroxylation sites is 1. The van der Waals surface area contributed by atoms with Crippen LogP contribution in [0.5, 0.6) is 0 Å². The highest BCUT2D eigenvalue weighted by molar-refractivity contribution is 6.02. The van der Waals surface area contributed by atoms with Crippen LogP contribution >= 0.6 is 0 Å². The van der Waals surface area contributed by atoms with Crippen LogP contribution in [0.4, 0.5) is 11.4 Å². The third kappa shape index (κ3) is 3.42. The number of rotatable bonds is 6. The van der Waals surface area contributed by atoms with Gasteiger partial charge in [0, 0.05) is 20.5 Å². The molecule has 0 saturated carbocycles. The van der Waals surface area contributed by atoms with Crippen molar-refractivity contribution < 1.29 is 14.4 Å². The molecule has 0 aliphatic carbocycles. The predicted octanol–water partition coefficient (Wildman–Crippen LogP) is 2.03. The van der Waals surface area contributed by atoms with Crippen LogP contribution in [-0.2, 0) is 14.4 Å². The van der Waals surface area contributed by atoms with Crippen molar-refractivity contribution in [2.45, 2.75) is 45.1 Å². The Kier molecular flexibility index (Phi) is 5.59. The second-order valence-electron chi connectivity index (χ2n) is 6.32. The standard InChI is InChI=1S/C18H25N3O3/c1-5-12(2)13-7-6-8-14(17(13)20(3)11-22)21(4)15-9-10-16(23)19-18(15)24/h6-8,11-12,15H,5,9-10H2,1-4H3,(H,19,23,24). The maximum atomic E-state index is 12.2. The van der Waals surface area contributed by atoms with Crippen molar-refractivity contribution in [2.24, 2.45) is 0 Å². The van der Waals surface area contributed by atoms with Crippen LogP contribution < -0.4 is 15.1 Å². The summed E-state index contributed by atoms with van der Waals surface area (Å²) >= 11 is 0. The first-order valence-corrected chi connectivity index (χ1v) is 8.28. The molecule has 1 aromatic carbocycles. The second-order valence-corrected chi connectivity index (χ2v) is 6.32. The lowest BCUT2D eigenvalue weighted by Gasteiger charge is -2.35. The lowest BCUT2D eigenvalue weighted by atomic mass is 9.94. The lowest BCUT2D eigenvalue weighted by Crippen LogP contribution is -2.51. The minimum atomic E-state index is -0.423. The number of piperidine rings is 1. The van der Waals surface area contributed by atoms with Crippen molar-refractivity contribution in [3.63, 3.8) is 0 Å². The lowest BCUT2D eigenvalue weighted by molar-refractivity contribution is -0.134. The Labute approximate surface area is 142 Å². The van der Waals surface area contributed by atoms with E-state index >= 15 is 0 Å². The molecule has 1 fully saturated rings. The fraction of sp³-hybridized carbons (Fsp3) is 0.500. The van der Waals surface area contributed by atoms with Gasteiger partial charge in [-0.1, -0.05) is 26.0 Å². The van der Waals surface area contributed by atoms with Crippen molar-refractivity contribution in [2.75, 3.05) is 23.9 Å². The molecule has 0 spiro atoms. The van der Waals surface area contributed by atoms with E-state index in [0.29, 0.717) is 12.8 Å². The van der Waals surface area contributed by atoms with Crippen molar-refractivity contribution in [1.82, 2.24) is 5.32 Å². The number of nitrogens with zero attached hydrogens (tertiary/aromatic N) is 2. The highest BCUT2D eigenvalue weighted by Crippen LogP contribution is 2.38. The van der Waals surface area contributed by atoms with Crippen LogP contribution in [0, 0.1) is 0 Å². The van der Waals surface area contributed by atoms with Crippen LogP contribution in [0.1, 0.15) is 44.6 Å². The summed E-state index contributed by atoms with van der Waals surface area (Å²) in [5, 5.41) is 2.39. The molecule has 2 unspecified atom stereocenters. The molecule has 130 valence electrons. The van der Waals surface area contributed by atoms with E-state index in [4.69, 9.17) is 0 Å². The van der Waals surface area contributed by atoms with E-state index in [2.05, 4.69) is 19.2 Å². The minimum absolute atomic E-state index is 0.233. The number of hydrogen-bond donors (Lipinski definition) is 1. The van der Waals surface area contributed by atoms with Crippen LogP contribution in [0.25, 0.3) is 0 Å². The number of carbonyl (C=O) groups is 3. The van der Waals surface area contributed by atoms with Gasteiger partial charge in [0.15, 0.2) is 0 Å². The Balaban J connectivity index is 2.46. The summed E-state index contributed by atoms with van der Waals surface area (Å²) in [7, 11) is 3.55. The van der Waals surface area contributed by atoms with Gasteiger partial charge >= 0.3 is 0 Å². The maximum Gasteiger partial charge on any atom is 0.249 e. The third-order valence-electron chi connectivity index (χ3n) is 4.76. The number of imide groups is 1. The molecular weight excluding hydrogens is 306 g/mol. The molecule has 0 bridgehead atoms. The molecule has 0 radical (unpaired) electrons. The number of carbonyl (C=O) groups excluding carboxylic acids is 3. The molecule has 1 aliphatic heterocycles. The largest absolute Gasteiger partial charge is 0.361 e. The first-order valence-electron chi connectivity index (χ1n) is 8.28. The number of nitrogens with one attached hydrogen (secondary N) is 1. The zero-order valence-electron chi connectivity index (χ0n) is 14.7. The van der Waals surface area contributed by atoms with Gasteiger partial charge in [0.1, 0.15) is 6.04 Å². The average Bonchev–Trinajstić information content (AvgIpc) is 2.59. The number of benzene rings is 1. The SMILES string of the molecule is CCC(C)c1cccc(N(C)C2CCC(=O)NC2=O)c1N(C)C=O. The maximum absolute atomic E-state index is 12.2. The van der Waals surface area contributed by atoms with Gasteiger partial charge in [-0.25, -0.2) is 0 Å². The number of hydrogen-bond acceptors (Lipinski definition) is 4. The first-order chi connectivity index (χ1) is 11.4. The summed E-state index contributed by atoms with van der Waals surface area (Å²) < 4.78 is 0. The Bertz CT molecular complexity index is 644. The van der Waals surface area contributed by atoms with Gasteiger partial charge < -0.3 is 9.80 Å². The van der Waals surface area contributed by atoms with E-state index < -0.39 is 6.04 Å². The summed E-state index contributed by atoms with van der Waals surface area (Å²) in [6.07, 6.45) is 2.53. The van der Waals surface area contributed by atoms with Crippen LogP contribution in [0.15, 0.2) is 18.2 Å². The Hall–Kier alpha value is -2.37. The minimum Gasteiger partial charge on any atom is -0.361 e. The Morgan fingerprint density at radius 2 is 2.04 bits per heavy atom. The van der Waals surface area contributed by atoms with Gasteiger partial charge in [-0.15, -0.1) is 0 Å². The van der Waals surface area contributed by atoms with Gasteiger partial charge in [-0.05, 0) is 30.4 Å². The molecule has 24 heavy (non-hydrogen) atoms. The molecule has 1 aromatic rings. The van der Waals surface area contributed by atoms with Gasteiger partial charge in [0.2, 0.25) is 18.2 Å². The van der Waals surface area contributed by atoms with Gasteiger partial charge in [0.05, 0.1) is 11.4 Å². The zero-order chi connectivity index (χ0) is 17.9. The molecule has 1 N–H and O–H groups in total. The van der Waals surface area contributed by atoms with Crippen LogP contribution in [0.2, 0.25) is 0 Å². The van der Waals surface area contributed by atoms with Gasteiger partial charge in [-0.2, -0.15) is 0 Å². The summed E-state index contributed by atoms with van der Waals surface area (Å²) in [4.78, 5) is 38.4. The molecule has 3 amide bonds. The van der Waals surface area contributed by atoms with Crippen molar-refractivity contribution in [3.05, 3.63) is 23.8 Å². The quantitative estimate of drug-likeness (QED) is 0.640. The third-order valence-corrected chi connectivity index (χ3v) is 4.76. The zero-order valence-corrected chi connectivity index (χ0v) is 14.7. The molecule has 2 rings (SSSR count). The predicted molar refractivity (Wildman–Crippen MR) is 94.2 cm³/mol. The first kappa shape index (κ1) is 18.0. The van der Waals surface area contributed by atoms with E-state index in [-0.39, 0.29) is 17.7 Å². The van der Waals surface area contributed by atoms with Crippen molar-refractivity contribution in [1.29, 1.82) is 0 Å². The molecule has 6 heteroatoms. The van der Waals surface area contributed by atoms with E-state index in [1.807, 2.05) is 30.1 Å². The summed E-state index contributed by atoms with van der Waals surface area (Å²) in [5.41, 5.74) is 2.70. The Morgan fingerprint density at radius 1 is 1.33 bits per heavy atom. The van der Waals surface area contributed by atoms with Crippen LogP contribution in [-0.4, -0.2) is 38.4 Å². The molecule has 1 saturated heterocycles. The normalized spacial score (nSPS) is 18.8. The molecular formula is C18H25N3O3. The Morgan fingerprint density at radius 3 is 2.62 bits per heavy atom. The molecule has 6 nitrogen and oxygen atoms in total. The second kappa shape index (κ2) is 7.47. The highest BCUT2D eigenvalue weighted by atomic mass is 16.2. The summed E-state index contributed by atoms with van der Waals surface area (Å²) in [5.74, 6) is -0.233. The van der Waals surface area contributed by atoms with E-state index in [1.54, 1.807) is 11.9 Å². The van der Waals surface area contributed by atoms with E-state index in [0.717, 1.165) is 29.8 Å². The topological polar surface area (TPSA) is 69.7 Å². The fourth-order valence-electron chi connectivity index (χ4n) is 3.11. The molecule has 2 atom stereocenters. The smallest absolute Gasteiger partial charge is 0.249 e. The highest BCUT2D eigenvalue weighted by Gasteiger charge is 2.32. The monoisotopic (exact) mass is 331 g/mol. The van der Waals surface area contributed by atoms with E-state index in [1.165, 1.54) is 0 Å². The summed E-state index contributed by atoms with van der Waals surface area (Å²) in [6.45, 7) is 4.22. The van der Waals surface area contributed by atoms with Crippen molar-refractivity contribution in [3.8, 4) is 0 Å². The fourth-order valence-corrected chi connectivity index (χ4v) is 3.11. The summed E-state index contributed by atoms with van der Waals surface area (Å²) in [6, 6.07) is 5.45. The number of amides is 3. The van der Waals surface area contributed by atoms with Crippen molar-refractivity contribution >= 4 is 29.6 Å². The molecule has 0 aromatic heterocycles. The number of anilines is 2. The molecule has 1 aliphatic rings. The van der Waals surface area contributed by atoms with Crippen LogP contribution in [0.3, 0.4) is 0 Å². The average molecular weight is 331 g/mol. The van der Waals surface area contributed by atoms with E-state index in [9.17, 15) is 14.4 Å². The van der Waals surface area contributed by atoms with Gasteiger partial charge in [0.25, 0.3) is 0 Å².